The molecule has 0 fully saturated rings. The van der Waals surface area contributed by atoms with Crippen LogP contribution in [0.5, 0.6) is 11.5 Å². The van der Waals surface area contributed by atoms with E-state index in [1.165, 1.54) is 0 Å². The second-order valence-corrected chi connectivity index (χ2v) is 5.34. The number of phenolic OH excluding ortho intramolecular Hbond substituents is 1. The van der Waals surface area contributed by atoms with Crippen LogP contribution < -0.4 is 10.1 Å². The molecule has 4 nitrogen and oxygen atoms in total. The first-order chi connectivity index (χ1) is 9.92. The van der Waals surface area contributed by atoms with Crippen molar-refractivity contribution in [2.45, 2.75) is 33.7 Å². The smallest absolute Gasteiger partial charge is 0.161 e. The molecule has 0 aliphatic carbocycles. The fourth-order valence-corrected chi connectivity index (χ4v) is 2.34. The van der Waals surface area contributed by atoms with Crippen molar-refractivity contribution in [2.75, 3.05) is 12.4 Å². The summed E-state index contributed by atoms with van der Waals surface area (Å²) in [4.78, 5) is 4.46. The van der Waals surface area contributed by atoms with Crippen LogP contribution in [0.1, 0.15) is 35.5 Å². The van der Waals surface area contributed by atoms with Gasteiger partial charge in [0.15, 0.2) is 11.5 Å². The lowest BCUT2D eigenvalue weighted by molar-refractivity contribution is 0.371. The van der Waals surface area contributed by atoms with Crippen molar-refractivity contribution in [3.63, 3.8) is 0 Å². The topological polar surface area (TPSA) is 54.4 Å². The van der Waals surface area contributed by atoms with Crippen LogP contribution in [0, 0.1) is 20.8 Å². The maximum atomic E-state index is 9.91. The number of hydrogen-bond donors (Lipinski definition) is 2. The first-order valence-corrected chi connectivity index (χ1v) is 7.00. The standard InChI is InChI=1S/C17H22N2O2/c1-10-8-14(9-16(21-5)17(10)20)12(3)19-15-7-6-11(2)18-13(15)4/h6-9,12,19-20H,1-5H3. The predicted octanol–water partition coefficient (Wildman–Crippen LogP) is 3.89. The maximum Gasteiger partial charge on any atom is 0.161 e. The number of hydrogen-bond acceptors (Lipinski definition) is 4. The summed E-state index contributed by atoms with van der Waals surface area (Å²) in [7, 11) is 1.56. The third-order valence-corrected chi connectivity index (χ3v) is 3.60. The van der Waals surface area contributed by atoms with Gasteiger partial charge in [-0.25, -0.2) is 0 Å². The van der Waals surface area contributed by atoms with Gasteiger partial charge in [-0.1, -0.05) is 6.07 Å². The molecule has 0 aliphatic rings. The number of aromatic nitrogens is 1. The van der Waals surface area contributed by atoms with E-state index in [4.69, 9.17) is 4.74 Å². The van der Waals surface area contributed by atoms with Crippen LogP contribution in [0.2, 0.25) is 0 Å². The van der Waals surface area contributed by atoms with Crippen molar-refractivity contribution in [3.8, 4) is 11.5 Å². The minimum atomic E-state index is 0.0846. The number of benzene rings is 1. The van der Waals surface area contributed by atoms with E-state index in [0.29, 0.717) is 5.75 Å². The van der Waals surface area contributed by atoms with Crippen molar-refractivity contribution < 1.29 is 9.84 Å². The lowest BCUT2D eigenvalue weighted by Crippen LogP contribution is -2.09. The summed E-state index contributed by atoms with van der Waals surface area (Å²) in [5.74, 6) is 0.694. The molecule has 0 amide bonds. The van der Waals surface area contributed by atoms with E-state index in [9.17, 15) is 5.11 Å². The molecule has 2 N–H and O–H groups in total. The third kappa shape index (κ3) is 3.27. The van der Waals surface area contributed by atoms with Crippen LogP contribution in [0.15, 0.2) is 24.3 Å². The number of pyridine rings is 1. The average Bonchev–Trinajstić information content (AvgIpc) is 2.44. The van der Waals surface area contributed by atoms with Crippen molar-refractivity contribution in [2.24, 2.45) is 0 Å². The monoisotopic (exact) mass is 286 g/mol. The van der Waals surface area contributed by atoms with Crippen LogP contribution in [0.25, 0.3) is 0 Å². The van der Waals surface area contributed by atoms with Gasteiger partial charge in [0.05, 0.1) is 18.5 Å². The van der Waals surface area contributed by atoms with Gasteiger partial charge in [0, 0.05) is 11.7 Å². The van der Waals surface area contributed by atoms with E-state index in [0.717, 1.165) is 28.2 Å². The SMILES string of the molecule is COc1cc(C(C)Nc2ccc(C)nc2C)cc(C)c1O. The van der Waals surface area contributed by atoms with Gasteiger partial charge < -0.3 is 15.2 Å². The minimum Gasteiger partial charge on any atom is -0.504 e. The van der Waals surface area contributed by atoms with Crippen LogP contribution in [0.3, 0.4) is 0 Å². The molecule has 4 heteroatoms. The zero-order valence-electron chi connectivity index (χ0n) is 13.2. The number of nitrogens with zero attached hydrogens (tertiary/aromatic N) is 1. The molecule has 0 saturated heterocycles. The summed E-state index contributed by atoms with van der Waals surface area (Å²) in [6.45, 7) is 7.91. The van der Waals surface area contributed by atoms with Gasteiger partial charge in [-0.15, -0.1) is 0 Å². The van der Waals surface area contributed by atoms with Crippen molar-refractivity contribution in [1.82, 2.24) is 4.98 Å². The van der Waals surface area contributed by atoms with Gasteiger partial charge in [-0.3, -0.25) is 4.98 Å². The van der Waals surface area contributed by atoms with E-state index in [1.807, 2.05) is 45.0 Å². The quantitative estimate of drug-likeness (QED) is 0.895. The zero-order chi connectivity index (χ0) is 15.6. The number of methoxy groups -OCH3 is 1. The second kappa shape index (κ2) is 6.04. The summed E-state index contributed by atoms with van der Waals surface area (Å²) in [6, 6.07) is 7.94. The first kappa shape index (κ1) is 15.2. The fraction of sp³-hybridized carbons (Fsp3) is 0.353. The number of anilines is 1. The summed E-state index contributed by atoms with van der Waals surface area (Å²) in [5.41, 5.74) is 4.86. The van der Waals surface area contributed by atoms with Gasteiger partial charge in [0.2, 0.25) is 0 Å². The third-order valence-electron chi connectivity index (χ3n) is 3.60. The average molecular weight is 286 g/mol. The largest absolute Gasteiger partial charge is 0.504 e. The highest BCUT2D eigenvalue weighted by Gasteiger charge is 2.13. The number of nitrogens with one attached hydrogen (secondary N) is 1. The van der Waals surface area contributed by atoms with E-state index in [1.54, 1.807) is 7.11 Å². The van der Waals surface area contributed by atoms with Crippen LogP contribution in [-0.4, -0.2) is 17.2 Å². The van der Waals surface area contributed by atoms with Crippen LogP contribution >= 0.6 is 0 Å². The summed E-state index contributed by atoms with van der Waals surface area (Å²) in [6.07, 6.45) is 0. The number of rotatable bonds is 4. The molecular formula is C17H22N2O2. The molecule has 0 aliphatic heterocycles. The van der Waals surface area contributed by atoms with E-state index >= 15 is 0 Å². The molecule has 0 bridgehead atoms. The molecule has 2 aromatic rings. The van der Waals surface area contributed by atoms with E-state index in [-0.39, 0.29) is 11.8 Å². The lowest BCUT2D eigenvalue weighted by atomic mass is 10.0. The van der Waals surface area contributed by atoms with Crippen molar-refractivity contribution in [1.29, 1.82) is 0 Å². The molecule has 0 spiro atoms. The van der Waals surface area contributed by atoms with Gasteiger partial charge in [-0.2, -0.15) is 0 Å². The van der Waals surface area contributed by atoms with Crippen molar-refractivity contribution in [3.05, 3.63) is 46.8 Å². The Kier molecular flexibility index (Phi) is 4.36. The Balaban J connectivity index is 2.28. The molecule has 0 radical (unpaired) electrons. The Morgan fingerprint density at radius 1 is 1.19 bits per heavy atom. The molecule has 0 saturated carbocycles. The number of ether oxygens (including phenoxy) is 1. The summed E-state index contributed by atoms with van der Waals surface area (Å²) < 4.78 is 5.22. The Bertz CT molecular complexity index is 653. The highest BCUT2D eigenvalue weighted by atomic mass is 16.5. The first-order valence-electron chi connectivity index (χ1n) is 7.00. The van der Waals surface area contributed by atoms with Crippen molar-refractivity contribution >= 4 is 5.69 Å². The zero-order valence-corrected chi connectivity index (χ0v) is 13.2. The number of aromatic hydroxyl groups is 1. The Hall–Kier alpha value is -2.23. The molecule has 2 rings (SSSR count). The van der Waals surface area contributed by atoms with Gasteiger partial charge in [0.1, 0.15) is 0 Å². The molecule has 1 atom stereocenters. The molecule has 1 unspecified atom stereocenters. The highest BCUT2D eigenvalue weighted by Crippen LogP contribution is 2.33. The van der Waals surface area contributed by atoms with E-state index < -0.39 is 0 Å². The van der Waals surface area contributed by atoms with Gasteiger partial charge in [0.25, 0.3) is 0 Å². The number of aryl methyl sites for hydroxylation is 3. The van der Waals surface area contributed by atoms with Crippen LogP contribution in [0.4, 0.5) is 5.69 Å². The highest BCUT2D eigenvalue weighted by molar-refractivity contribution is 5.53. The van der Waals surface area contributed by atoms with Gasteiger partial charge >= 0.3 is 0 Å². The molecule has 112 valence electrons. The maximum absolute atomic E-state index is 9.91. The second-order valence-electron chi connectivity index (χ2n) is 5.34. The number of phenols is 1. The van der Waals surface area contributed by atoms with E-state index in [2.05, 4.69) is 17.2 Å². The summed E-state index contributed by atoms with van der Waals surface area (Å²) in [5, 5.41) is 13.4. The Morgan fingerprint density at radius 3 is 2.52 bits per heavy atom. The predicted molar refractivity (Wildman–Crippen MR) is 85.1 cm³/mol. The summed E-state index contributed by atoms with van der Waals surface area (Å²) >= 11 is 0. The molecule has 1 heterocycles. The normalized spacial score (nSPS) is 12.0. The minimum absolute atomic E-state index is 0.0846. The fourth-order valence-electron chi connectivity index (χ4n) is 2.34. The molecule has 1 aromatic carbocycles. The molecule has 1 aromatic heterocycles. The van der Waals surface area contributed by atoms with Gasteiger partial charge in [-0.05, 0) is 57.0 Å². The Morgan fingerprint density at radius 2 is 1.90 bits per heavy atom. The lowest BCUT2D eigenvalue weighted by Gasteiger charge is -2.19. The Labute approximate surface area is 125 Å². The molecule has 21 heavy (non-hydrogen) atoms. The van der Waals surface area contributed by atoms with Crippen LogP contribution in [-0.2, 0) is 0 Å². The molecular weight excluding hydrogens is 264 g/mol.